The smallest absolute Gasteiger partial charge is 0.268 e. The van der Waals surface area contributed by atoms with E-state index in [-0.39, 0.29) is 11.1 Å². The topological polar surface area (TPSA) is 45.8 Å². The molecule has 3 rings (SSSR count). The molecule has 1 aromatic heterocycles. The van der Waals surface area contributed by atoms with E-state index in [1.54, 1.807) is 43.4 Å². The number of hydrogen-bond donors (Lipinski definition) is 0. The number of aromatic nitrogens is 1. The lowest BCUT2D eigenvalue weighted by Gasteiger charge is -2.16. The van der Waals surface area contributed by atoms with Crippen LogP contribution >= 0.6 is 34.8 Å². The second-order valence-corrected chi connectivity index (χ2v) is 6.71. The Morgan fingerprint density at radius 3 is 2.16 bits per heavy atom. The number of nitriles is 1. The molecule has 124 valence electrons. The van der Waals surface area contributed by atoms with Crippen molar-refractivity contribution in [2.75, 3.05) is 0 Å². The van der Waals surface area contributed by atoms with Gasteiger partial charge < -0.3 is 4.57 Å². The summed E-state index contributed by atoms with van der Waals surface area (Å²) in [4.78, 5) is 12.4. The first kappa shape index (κ1) is 17.6. The van der Waals surface area contributed by atoms with E-state index in [0.717, 1.165) is 5.56 Å². The summed E-state index contributed by atoms with van der Waals surface area (Å²) in [6.07, 6.45) is 0. The lowest BCUT2D eigenvalue weighted by Crippen LogP contribution is -2.22. The predicted molar refractivity (Wildman–Crippen MR) is 102 cm³/mol. The van der Waals surface area contributed by atoms with Crippen LogP contribution in [-0.4, -0.2) is 4.57 Å². The van der Waals surface area contributed by atoms with Crippen LogP contribution < -0.4 is 5.56 Å². The first-order valence-electron chi connectivity index (χ1n) is 7.28. The highest BCUT2D eigenvalue weighted by atomic mass is 35.5. The van der Waals surface area contributed by atoms with Gasteiger partial charge in [-0.15, -0.1) is 0 Å². The van der Waals surface area contributed by atoms with Crippen LogP contribution in [0.2, 0.25) is 15.1 Å². The maximum Gasteiger partial charge on any atom is 0.268 e. The minimum atomic E-state index is -0.374. The highest BCUT2D eigenvalue weighted by Crippen LogP contribution is 2.37. The molecule has 3 aromatic rings. The van der Waals surface area contributed by atoms with E-state index in [0.29, 0.717) is 31.9 Å². The maximum atomic E-state index is 12.4. The van der Waals surface area contributed by atoms with Crippen molar-refractivity contribution in [2.45, 2.75) is 0 Å². The minimum absolute atomic E-state index is 0.0428. The van der Waals surface area contributed by atoms with Crippen LogP contribution in [0.1, 0.15) is 5.56 Å². The normalized spacial score (nSPS) is 10.5. The van der Waals surface area contributed by atoms with Crippen molar-refractivity contribution in [2.24, 2.45) is 7.05 Å². The van der Waals surface area contributed by atoms with E-state index in [9.17, 15) is 10.1 Å². The Kier molecular flexibility index (Phi) is 4.87. The predicted octanol–water partition coefficient (Wildman–Crippen LogP) is 5.55. The summed E-state index contributed by atoms with van der Waals surface area (Å²) >= 11 is 18.3. The Hall–Kier alpha value is -2.25. The van der Waals surface area contributed by atoms with E-state index in [2.05, 4.69) is 0 Å². The Labute approximate surface area is 159 Å². The minimum Gasteiger partial charge on any atom is -0.310 e. The first-order chi connectivity index (χ1) is 11.9. The van der Waals surface area contributed by atoms with Crippen molar-refractivity contribution < 1.29 is 0 Å². The summed E-state index contributed by atoms with van der Waals surface area (Å²) in [5.41, 5.74) is 2.45. The Balaban J connectivity index is 2.40. The molecule has 0 saturated heterocycles. The summed E-state index contributed by atoms with van der Waals surface area (Å²) in [5, 5.41) is 10.8. The molecule has 6 heteroatoms. The van der Waals surface area contributed by atoms with Crippen molar-refractivity contribution >= 4 is 34.8 Å². The SMILES string of the molecule is Cn1c(-c2ccc(Cl)cc2)c(-c2ccc(Cl)cc2Cl)cc(C#N)c1=O. The molecule has 0 atom stereocenters. The third-order valence-corrected chi connectivity index (χ3v) is 4.67. The average Bonchev–Trinajstić information content (AvgIpc) is 2.58. The lowest BCUT2D eigenvalue weighted by molar-refractivity contribution is 0.867. The van der Waals surface area contributed by atoms with Gasteiger partial charge in [-0.1, -0.05) is 53.0 Å². The molecule has 0 aliphatic rings. The fourth-order valence-electron chi connectivity index (χ4n) is 2.69. The fourth-order valence-corrected chi connectivity index (χ4v) is 3.32. The largest absolute Gasteiger partial charge is 0.310 e. The number of pyridine rings is 1. The number of rotatable bonds is 2. The van der Waals surface area contributed by atoms with Gasteiger partial charge in [0.05, 0.1) is 5.69 Å². The Bertz CT molecular complexity index is 1060. The molecule has 2 aromatic carbocycles. The second kappa shape index (κ2) is 6.93. The third kappa shape index (κ3) is 3.29. The van der Waals surface area contributed by atoms with Gasteiger partial charge in [0.15, 0.2) is 0 Å². The van der Waals surface area contributed by atoms with Crippen LogP contribution in [0.4, 0.5) is 0 Å². The molecule has 0 aliphatic carbocycles. The fraction of sp³-hybridized carbons (Fsp3) is 0.0526. The molecule has 0 unspecified atom stereocenters. The zero-order chi connectivity index (χ0) is 18.1. The van der Waals surface area contributed by atoms with Gasteiger partial charge in [-0.25, -0.2) is 0 Å². The summed E-state index contributed by atoms with van der Waals surface area (Å²) in [7, 11) is 1.63. The van der Waals surface area contributed by atoms with Crippen LogP contribution in [0, 0.1) is 11.3 Å². The van der Waals surface area contributed by atoms with Gasteiger partial charge in [0.1, 0.15) is 11.6 Å². The van der Waals surface area contributed by atoms with E-state index < -0.39 is 0 Å². The summed E-state index contributed by atoms with van der Waals surface area (Å²) in [6, 6.07) is 15.7. The van der Waals surface area contributed by atoms with E-state index in [1.807, 2.05) is 18.2 Å². The van der Waals surface area contributed by atoms with Crippen LogP contribution in [-0.2, 0) is 7.05 Å². The van der Waals surface area contributed by atoms with Crippen molar-refractivity contribution in [3.63, 3.8) is 0 Å². The van der Waals surface area contributed by atoms with E-state index in [4.69, 9.17) is 34.8 Å². The average molecular weight is 390 g/mol. The zero-order valence-electron chi connectivity index (χ0n) is 13.1. The first-order valence-corrected chi connectivity index (χ1v) is 8.41. The molecule has 0 saturated carbocycles. The van der Waals surface area contributed by atoms with E-state index >= 15 is 0 Å². The van der Waals surface area contributed by atoms with Gasteiger partial charge >= 0.3 is 0 Å². The van der Waals surface area contributed by atoms with Gasteiger partial charge in [-0.3, -0.25) is 4.79 Å². The monoisotopic (exact) mass is 388 g/mol. The van der Waals surface area contributed by atoms with Gasteiger partial charge in [-0.2, -0.15) is 5.26 Å². The van der Waals surface area contributed by atoms with Gasteiger partial charge in [0, 0.05) is 33.2 Å². The van der Waals surface area contributed by atoms with E-state index in [1.165, 1.54) is 4.57 Å². The van der Waals surface area contributed by atoms with Crippen LogP contribution in [0.3, 0.4) is 0 Å². The molecule has 0 aliphatic heterocycles. The Morgan fingerprint density at radius 2 is 1.56 bits per heavy atom. The molecule has 0 amide bonds. The van der Waals surface area contributed by atoms with Crippen LogP contribution in [0.25, 0.3) is 22.4 Å². The van der Waals surface area contributed by atoms with Crippen LogP contribution in [0.5, 0.6) is 0 Å². The van der Waals surface area contributed by atoms with Crippen molar-refractivity contribution in [3.05, 3.63) is 79.5 Å². The van der Waals surface area contributed by atoms with Crippen molar-refractivity contribution in [1.29, 1.82) is 5.26 Å². The molecule has 0 N–H and O–H groups in total. The number of nitrogens with zero attached hydrogens (tertiary/aromatic N) is 2. The molecular weight excluding hydrogens is 379 g/mol. The summed E-state index contributed by atoms with van der Waals surface area (Å²) in [5.74, 6) is 0. The summed E-state index contributed by atoms with van der Waals surface area (Å²) in [6.45, 7) is 0. The number of halogens is 3. The molecule has 25 heavy (non-hydrogen) atoms. The van der Waals surface area contributed by atoms with Crippen molar-refractivity contribution in [1.82, 2.24) is 4.57 Å². The lowest BCUT2D eigenvalue weighted by atomic mass is 9.97. The molecule has 3 nitrogen and oxygen atoms in total. The van der Waals surface area contributed by atoms with Gasteiger partial charge in [0.2, 0.25) is 0 Å². The second-order valence-electron chi connectivity index (χ2n) is 5.43. The van der Waals surface area contributed by atoms with Gasteiger partial charge in [0.25, 0.3) is 5.56 Å². The summed E-state index contributed by atoms with van der Waals surface area (Å²) < 4.78 is 1.45. The molecule has 0 spiro atoms. The Morgan fingerprint density at radius 1 is 0.920 bits per heavy atom. The van der Waals surface area contributed by atoms with Gasteiger partial charge in [-0.05, 0) is 35.9 Å². The molecule has 0 radical (unpaired) electrons. The number of benzene rings is 2. The zero-order valence-corrected chi connectivity index (χ0v) is 15.3. The number of hydrogen-bond acceptors (Lipinski definition) is 2. The molecule has 1 heterocycles. The maximum absolute atomic E-state index is 12.4. The quantitative estimate of drug-likeness (QED) is 0.576. The van der Waals surface area contributed by atoms with Crippen molar-refractivity contribution in [3.8, 4) is 28.5 Å². The third-order valence-electron chi connectivity index (χ3n) is 3.87. The standard InChI is InChI=1S/C19H11Cl3N2O/c1-24-18(11-2-4-13(20)5-3-11)16(8-12(10-23)19(24)25)15-7-6-14(21)9-17(15)22/h2-9H,1H3. The van der Waals surface area contributed by atoms with Crippen LogP contribution in [0.15, 0.2) is 53.3 Å². The molecular formula is C19H11Cl3N2O. The molecule has 0 bridgehead atoms. The highest BCUT2D eigenvalue weighted by molar-refractivity contribution is 6.36. The highest BCUT2D eigenvalue weighted by Gasteiger charge is 2.17. The molecule has 0 fully saturated rings.